The lowest BCUT2D eigenvalue weighted by atomic mass is 10.1. The molecular weight excluding hydrogens is 324 g/mol. The molecule has 0 aliphatic carbocycles. The summed E-state index contributed by atoms with van der Waals surface area (Å²) in [6.45, 7) is 3.84. The molecule has 0 heterocycles. The topological polar surface area (TPSA) is 64.5 Å². The van der Waals surface area contributed by atoms with Crippen LogP contribution in [-0.2, 0) is 12.8 Å². The van der Waals surface area contributed by atoms with Gasteiger partial charge in [0.2, 0.25) is 0 Å². The Hall–Kier alpha value is -2.30. The summed E-state index contributed by atoms with van der Waals surface area (Å²) >= 11 is 0. The van der Waals surface area contributed by atoms with E-state index < -0.39 is 0 Å². The van der Waals surface area contributed by atoms with Gasteiger partial charge >= 0.3 is 0 Å². The van der Waals surface area contributed by atoms with E-state index in [-0.39, 0.29) is 11.5 Å². The van der Waals surface area contributed by atoms with Crippen molar-refractivity contribution in [2.45, 2.75) is 25.7 Å². The zero-order valence-corrected chi connectivity index (χ0v) is 15.3. The average Bonchev–Trinajstić information content (AvgIpc) is 2.66. The molecule has 26 heavy (non-hydrogen) atoms. The lowest BCUT2D eigenvalue weighted by Crippen LogP contribution is -2.18. The average molecular weight is 354 g/mol. The molecule has 0 aliphatic heterocycles. The Bertz CT molecular complexity index is 656. The van der Waals surface area contributed by atoms with Crippen molar-refractivity contribution in [3.63, 3.8) is 0 Å². The van der Waals surface area contributed by atoms with E-state index in [0.29, 0.717) is 0 Å². The molecule has 0 atom stereocenters. The first-order valence-corrected chi connectivity index (χ1v) is 9.37. The van der Waals surface area contributed by atoms with Gasteiger partial charge in [0.25, 0.3) is 0 Å². The van der Waals surface area contributed by atoms with Crippen LogP contribution in [0.5, 0.6) is 11.5 Å². The molecule has 0 saturated heterocycles. The first kappa shape index (κ1) is 20.0. The summed E-state index contributed by atoms with van der Waals surface area (Å²) < 4.78 is 0. The third kappa shape index (κ3) is 8.19. The second-order valence-electron chi connectivity index (χ2n) is 6.36. The van der Waals surface area contributed by atoms with Gasteiger partial charge in [0, 0.05) is 0 Å². The minimum atomic E-state index is -0.0681. The standard InChI is InChI=1S/C22H30N2O2/c25-21-11-10-20(18-22(21)26)13-17-24-15-7-2-1-6-14-23-16-12-19-8-4-3-5-9-19/h1-5,8-11,18,23-26H,6-7,12-17H2/b2-1+. The van der Waals surface area contributed by atoms with Crippen LogP contribution in [0.1, 0.15) is 24.0 Å². The molecule has 0 aliphatic rings. The van der Waals surface area contributed by atoms with Crippen LogP contribution in [-0.4, -0.2) is 36.4 Å². The van der Waals surface area contributed by atoms with Gasteiger partial charge in [-0.3, -0.25) is 0 Å². The SMILES string of the molecule is Oc1ccc(CCNCC/C=C/CCNCCc2ccccc2)cc1O. The maximum Gasteiger partial charge on any atom is 0.157 e. The van der Waals surface area contributed by atoms with Gasteiger partial charge in [-0.2, -0.15) is 0 Å². The summed E-state index contributed by atoms with van der Waals surface area (Å²) in [5.41, 5.74) is 2.40. The first-order valence-electron chi connectivity index (χ1n) is 9.37. The number of hydrogen-bond donors (Lipinski definition) is 4. The third-order valence-electron chi connectivity index (χ3n) is 4.21. The van der Waals surface area contributed by atoms with Gasteiger partial charge in [0.05, 0.1) is 0 Å². The number of aromatic hydroxyl groups is 2. The summed E-state index contributed by atoms with van der Waals surface area (Å²) in [7, 11) is 0. The molecule has 0 spiro atoms. The second-order valence-corrected chi connectivity index (χ2v) is 6.36. The van der Waals surface area contributed by atoms with E-state index in [2.05, 4.69) is 53.1 Å². The van der Waals surface area contributed by atoms with Crippen LogP contribution in [0.2, 0.25) is 0 Å². The van der Waals surface area contributed by atoms with E-state index in [1.165, 1.54) is 11.6 Å². The zero-order valence-electron chi connectivity index (χ0n) is 15.3. The van der Waals surface area contributed by atoms with Crippen molar-refractivity contribution in [1.82, 2.24) is 10.6 Å². The highest BCUT2D eigenvalue weighted by molar-refractivity contribution is 5.40. The zero-order chi connectivity index (χ0) is 18.5. The van der Waals surface area contributed by atoms with Gasteiger partial charge in [-0.1, -0.05) is 48.6 Å². The van der Waals surface area contributed by atoms with Crippen molar-refractivity contribution < 1.29 is 10.2 Å². The number of hydrogen-bond acceptors (Lipinski definition) is 4. The molecule has 2 aromatic carbocycles. The fraction of sp³-hybridized carbons (Fsp3) is 0.364. The Kier molecular flexibility index (Phi) is 9.33. The minimum absolute atomic E-state index is 0.0530. The van der Waals surface area contributed by atoms with Gasteiger partial charge in [0.1, 0.15) is 0 Å². The Balaban J connectivity index is 1.41. The maximum atomic E-state index is 9.45. The Morgan fingerprint density at radius 1 is 0.654 bits per heavy atom. The van der Waals surface area contributed by atoms with Crippen molar-refractivity contribution in [2.24, 2.45) is 0 Å². The molecule has 0 unspecified atom stereocenters. The van der Waals surface area contributed by atoms with Gasteiger partial charge in [-0.15, -0.1) is 0 Å². The van der Waals surface area contributed by atoms with Crippen LogP contribution < -0.4 is 10.6 Å². The van der Waals surface area contributed by atoms with E-state index in [4.69, 9.17) is 0 Å². The third-order valence-corrected chi connectivity index (χ3v) is 4.21. The monoisotopic (exact) mass is 354 g/mol. The van der Waals surface area contributed by atoms with E-state index >= 15 is 0 Å². The van der Waals surface area contributed by atoms with Crippen LogP contribution in [0.4, 0.5) is 0 Å². The Labute approximate surface area is 156 Å². The van der Waals surface area contributed by atoms with Gasteiger partial charge in [-0.25, -0.2) is 0 Å². The van der Waals surface area contributed by atoms with E-state index in [9.17, 15) is 10.2 Å². The highest BCUT2D eigenvalue weighted by Gasteiger charge is 2.00. The molecule has 4 nitrogen and oxygen atoms in total. The Morgan fingerprint density at radius 3 is 1.88 bits per heavy atom. The predicted octanol–water partition coefficient (Wildman–Crippen LogP) is 3.40. The van der Waals surface area contributed by atoms with Crippen molar-refractivity contribution in [3.05, 3.63) is 71.8 Å². The molecule has 0 fully saturated rings. The molecule has 0 saturated carbocycles. The normalized spacial score (nSPS) is 11.2. The summed E-state index contributed by atoms with van der Waals surface area (Å²) in [6.07, 6.45) is 8.44. The van der Waals surface area contributed by atoms with Crippen LogP contribution in [0.15, 0.2) is 60.7 Å². The quantitative estimate of drug-likeness (QED) is 0.268. The summed E-state index contributed by atoms with van der Waals surface area (Å²) in [6, 6.07) is 15.5. The number of phenolic OH excluding ortho intramolecular Hbond substituents is 2. The van der Waals surface area contributed by atoms with Crippen LogP contribution >= 0.6 is 0 Å². The number of phenols is 2. The van der Waals surface area contributed by atoms with Gasteiger partial charge in [-0.05, 0) is 75.1 Å². The molecule has 4 heteroatoms. The molecule has 4 N–H and O–H groups in total. The molecule has 0 aromatic heterocycles. The van der Waals surface area contributed by atoms with Crippen molar-refractivity contribution in [3.8, 4) is 11.5 Å². The molecule has 0 amide bonds. The minimum Gasteiger partial charge on any atom is -0.504 e. The van der Waals surface area contributed by atoms with Crippen molar-refractivity contribution >= 4 is 0 Å². The van der Waals surface area contributed by atoms with Crippen LogP contribution in [0.3, 0.4) is 0 Å². The summed E-state index contributed by atoms with van der Waals surface area (Å²) in [5.74, 6) is -0.121. The van der Waals surface area contributed by atoms with E-state index in [1.807, 2.05) is 6.07 Å². The molecule has 140 valence electrons. The Morgan fingerprint density at radius 2 is 1.27 bits per heavy atom. The fourth-order valence-electron chi connectivity index (χ4n) is 2.69. The molecule has 0 bridgehead atoms. The van der Waals surface area contributed by atoms with Gasteiger partial charge < -0.3 is 20.8 Å². The van der Waals surface area contributed by atoms with Crippen LogP contribution in [0.25, 0.3) is 0 Å². The van der Waals surface area contributed by atoms with E-state index in [0.717, 1.165) is 57.4 Å². The lowest BCUT2D eigenvalue weighted by Gasteiger charge is -2.05. The van der Waals surface area contributed by atoms with Crippen molar-refractivity contribution in [2.75, 3.05) is 26.2 Å². The highest BCUT2D eigenvalue weighted by Crippen LogP contribution is 2.24. The predicted molar refractivity (Wildman–Crippen MR) is 108 cm³/mol. The molecular formula is C22H30N2O2. The largest absolute Gasteiger partial charge is 0.504 e. The van der Waals surface area contributed by atoms with Crippen LogP contribution in [0, 0.1) is 0 Å². The van der Waals surface area contributed by atoms with Gasteiger partial charge in [0.15, 0.2) is 11.5 Å². The molecule has 0 radical (unpaired) electrons. The van der Waals surface area contributed by atoms with E-state index in [1.54, 1.807) is 6.07 Å². The highest BCUT2D eigenvalue weighted by atomic mass is 16.3. The lowest BCUT2D eigenvalue weighted by molar-refractivity contribution is 0.403. The number of benzene rings is 2. The second kappa shape index (κ2) is 12.1. The van der Waals surface area contributed by atoms with Crippen molar-refractivity contribution in [1.29, 1.82) is 0 Å². The number of nitrogens with one attached hydrogen (secondary N) is 2. The fourth-order valence-corrected chi connectivity index (χ4v) is 2.69. The smallest absolute Gasteiger partial charge is 0.157 e. The number of rotatable bonds is 12. The summed E-state index contributed by atoms with van der Waals surface area (Å²) in [5, 5.41) is 25.6. The summed E-state index contributed by atoms with van der Waals surface area (Å²) in [4.78, 5) is 0. The maximum absolute atomic E-state index is 9.45. The molecule has 2 aromatic rings. The first-order chi connectivity index (χ1) is 12.8. The molecule has 2 rings (SSSR count).